The molecule has 0 aliphatic carbocycles. The van der Waals surface area contributed by atoms with E-state index < -0.39 is 0 Å². The lowest BCUT2D eigenvalue weighted by Crippen LogP contribution is -1.99. The first-order valence-corrected chi connectivity index (χ1v) is 4.51. The monoisotopic (exact) mass is 161 g/mol. The predicted molar refractivity (Wildman–Crippen MR) is 47.3 cm³/mol. The molecule has 0 aliphatic heterocycles. The van der Waals surface area contributed by atoms with E-state index in [9.17, 15) is 0 Å². The molecule has 0 saturated heterocycles. The molecule has 0 rings (SSSR count). The zero-order valence-corrected chi connectivity index (χ0v) is 7.75. The van der Waals surface area contributed by atoms with Gasteiger partial charge in [0.2, 0.25) is 0 Å². The normalized spacial score (nSPS) is 10.8. The van der Waals surface area contributed by atoms with E-state index in [1.54, 1.807) is 0 Å². The molecule has 0 aliphatic rings. The average Bonchev–Trinajstić information content (AvgIpc) is 1.87. The molecular weight excluding hydrogens is 144 g/mol. The van der Waals surface area contributed by atoms with Gasteiger partial charge in [0, 0.05) is 12.4 Å². The minimum atomic E-state index is 0.724. The van der Waals surface area contributed by atoms with E-state index in [2.05, 4.69) is 13.8 Å². The third-order valence-corrected chi connectivity index (χ3v) is 1.46. The van der Waals surface area contributed by atoms with Crippen molar-refractivity contribution in [1.29, 1.82) is 0 Å². The van der Waals surface area contributed by atoms with Gasteiger partial charge in [0.15, 0.2) is 0 Å². The number of hydrogen-bond acceptors (Lipinski definition) is 1. The molecular formula is C8H17OS. The maximum atomic E-state index is 5.23. The minimum absolute atomic E-state index is 0.724. The fourth-order valence-electron chi connectivity index (χ4n) is 0.755. The molecule has 0 N–H and O–H groups in total. The van der Waals surface area contributed by atoms with Gasteiger partial charge >= 0.3 is 0 Å². The quantitative estimate of drug-likeness (QED) is 0.544. The number of ether oxygens (including phenoxy) is 1. The highest BCUT2D eigenvalue weighted by Gasteiger charge is 1.92. The van der Waals surface area contributed by atoms with Gasteiger partial charge in [0.05, 0.1) is 6.61 Å². The van der Waals surface area contributed by atoms with Crippen molar-refractivity contribution in [3.05, 3.63) is 0 Å². The van der Waals surface area contributed by atoms with Crippen LogP contribution in [0, 0.1) is 5.92 Å². The van der Waals surface area contributed by atoms with Crippen molar-refractivity contribution < 1.29 is 4.74 Å². The highest BCUT2D eigenvalue weighted by molar-refractivity contribution is 7.80. The first-order valence-electron chi connectivity index (χ1n) is 3.93. The Balaban J connectivity index is 2.77. The van der Waals surface area contributed by atoms with E-state index in [0.29, 0.717) is 0 Å². The fraction of sp³-hybridized carbons (Fsp3) is 1.00. The van der Waals surface area contributed by atoms with Crippen LogP contribution in [0.1, 0.15) is 26.7 Å². The zero-order valence-electron chi connectivity index (χ0n) is 6.93. The summed E-state index contributed by atoms with van der Waals surface area (Å²) in [5.41, 5.74) is 0. The highest BCUT2D eigenvalue weighted by Crippen LogP contribution is 2.02. The van der Waals surface area contributed by atoms with Crippen LogP contribution in [0.3, 0.4) is 0 Å². The Hall–Kier alpha value is 0.310. The van der Waals surface area contributed by atoms with Crippen molar-refractivity contribution in [3.8, 4) is 0 Å². The van der Waals surface area contributed by atoms with Gasteiger partial charge in [-0.3, -0.25) is 0 Å². The maximum Gasteiger partial charge on any atom is 0.0565 e. The summed E-state index contributed by atoms with van der Waals surface area (Å²) in [6, 6.07) is 0. The Bertz CT molecular complexity index is 64.3. The molecule has 1 radical (unpaired) electrons. The van der Waals surface area contributed by atoms with Gasteiger partial charge in [-0.2, -0.15) is 0 Å². The summed E-state index contributed by atoms with van der Waals surface area (Å²) in [5.74, 6) is 1.52. The Morgan fingerprint density at radius 2 is 2.00 bits per heavy atom. The van der Waals surface area contributed by atoms with Crippen molar-refractivity contribution in [1.82, 2.24) is 0 Å². The van der Waals surface area contributed by atoms with Gasteiger partial charge < -0.3 is 4.74 Å². The van der Waals surface area contributed by atoms with E-state index in [-0.39, 0.29) is 0 Å². The molecule has 0 saturated carbocycles. The van der Waals surface area contributed by atoms with E-state index in [1.807, 2.05) is 0 Å². The van der Waals surface area contributed by atoms with Crippen LogP contribution in [-0.2, 0) is 4.74 Å². The van der Waals surface area contributed by atoms with E-state index >= 15 is 0 Å². The molecule has 2 heteroatoms. The Morgan fingerprint density at radius 3 is 2.50 bits per heavy atom. The lowest BCUT2D eigenvalue weighted by Gasteiger charge is -2.03. The summed E-state index contributed by atoms with van der Waals surface area (Å²) in [5, 5.41) is 0. The van der Waals surface area contributed by atoms with Gasteiger partial charge in [0.25, 0.3) is 0 Å². The van der Waals surface area contributed by atoms with Crippen molar-refractivity contribution in [3.63, 3.8) is 0 Å². The van der Waals surface area contributed by atoms with Crippen LogP contribution in [0.15, 0.2) is 0 Å². The molecule has 0 heterocycles. The third-order valence-electron chi connectivity index (χ3n) is 1.30. The lowest BCUT2D eigenvalue weighted by atomic mass is 10.1. The van der Waals surface area contributed by atoms with Crippen LogP contribution in [0.5, 0.6) is 0 Å². The second-order valence-corrected chi connectivity index (χ2v) is 3.26. The van der Waals surface area contributed by atoms with Crippen LogP contribution < -0.4 is 0 Å². The smallest absolute Gasteiger partial charge is 0.0565 e. The highest BCUT2D eigenvalue weighted by atomic mass is 32.1. The molecule has 0 spiro atoms. The summed E-state index contributed by atoms with van der Waals surface area (Å²) in [6.45, 7) is 6.09. The molecule has 0 fully saturated rings. The molecule has 0 atom stereocenters. The maximum absolute atomic E-state index is 5.23. The molecule has 1 nitrogen and oxygen atoms in total. The first-order chi connectivity index (χ1) is 4.77. The molecule has 0 bridgehead atoms. The van der Waals surface area contributed by atoms with Crippen LogP contribution >= 0.6 is 12.6 Å². The summed E-state index contributed by atoms with van der Waals surface area (Å²) in [7, 11) is 0. The molecule has 0 aromatic rings. The van der Waals surface area contributed by atoms with E-state index in [4.69, 9.17) is 17.4 Å². The van der Waals surface area contributed by atoms with Crippen LogP contribution in [0.2, 0.25) is 0 Å². The molecule has 10 heavy (non-hydrogen) atoms. The van der Waals surface area contributed by atoms with Crippen LogP contribution in [0.25, 0.3) is 0 Å². The topological polar surface area (TPSA) is 9.23 Å². The van der Waals surface area contributed by atoms with Crippen LogP contribution in [0.4, 0.5) is 0 Å². The average molecular weight is 161 g/mol. The van der Waals surface area contributed by atoms with E-state index in [1.165, 1.54) is 12.8 Å². The Kier molecular flexibility index (Phi) is 7.65. The van der Waals surface area contributed by atoms with Gasteiger partial charge in [0.1, 0.15) is 0 Å². The van der Waals surface area contributed by atoms with Gasteiger partial charge in [-0.05, 0) is 18.8 Å². The summed E-state index contributed by atoms with van der Waals surface area (Å²) in [6.07, 6.45) is 2.43. The fourth-order valence-corrected chi connectivity index (χ4v) is 0.872. The zero-order chi connectivity index (χ0) is 7.82. The largest absolute Gasteiger partial charge is 0.381 e. The van der Waals surface area contributed by atoms with Gasteiger partial charge in [-0.15, -0.1) is 0 Å². The Morgan fingerprint density at radius 1 is 1.30 bits per heavy atom. The molecule has 0 aromatic carbocycles. The van der Waals surface area contributed by atoms with Crippen molar-refractivity contribution in [2.45, 2.75) is 26.7 Å². The summed E-state index contributed by atoms with van der Waals surface area (Å²) >= 11 is 4.73. The predicted octanol–water partition coefficient (Wildman–Crippen LogP) is 2.64. The van der Waals surface area contributed by atoms with Crippen molar-refractivity contribution in [2.24, 2.45) is 5.92 Å². The summed E-state index contributed by atoms with van der Waals surface area (Å²) < 4.78 is 5.23. The SMILES string of the molecule is CC(C)CCCOCC[S]. The van der Waals surface area contributed by atoms with Gasteiger partial charge in [-0.25, -0.2) is 0 Å². The standard InChI is InChI=1S/C8H17OS/c1-8(2)4-3-5-9-6-7-10/h8H,3-7H2,1-2H3. The Labute approximate surface area is 69.6 Å². The van der Waals surface area contributed by atoms with Crippen LogP contribution in [-0.4, -0.2) is 19.0 Å². The lowest BCUT2D eigenvalue weighted by molar-refractivity contribution is 0.143. The molecule has 0 unspecified atom stereocenters. The number of hydrogen-bond donors (Lipinski definition) is 0. The second kappa shape index (κ2) is 7.42. The second-order valence-electron chi connectivity index (χ2n) is 2.85. The number of rotatable bonds is 6. The molecule has 0 amide bonds. The summed E-state index contributed by atoms with van der Waals surface area (Å²) in [4.78, 5) is 0. The van der Waals surface area contributed by atoms with Crippen molar-refractivity contribution in [2.75, 3.05) is 19.0 Å². The third kappa shape index (κ3) is 8.31. The molecule has 0 aromatic heterocycles. The molecule has 61 valence electrons. The van der Waals surface area contributed by atoms with E-state index in [0.717, 1.165) is 24.9 Å². The minimum Gasteiger partial charge on any atom is -0.381 e. The first kappa shape index (κ1) is 10.3. The van der Waals surface area contributed by atoms with Gasteiger partial charge in [-0.1, -0.05) is 26.5 Å². The van der Waals surface area contributed by atoms with Crippen molar-refractivity contribution >= 4 is 12.6 Å².